The summed E-state index contributed by atoms with van der Waals surface area (Å²) in [6.07, 6.45) is 0. The molecule has 0 amide bonds. The lowest BCUT2D eigenvalue weighted by molar-refractivity contribution is 0.592. The number of hydrogen-bond acceptors (Lipinski definition) is 7. The fraction of sp³-hybridized carbons (Fsp3) is 0.333. The SMILES string of the molecule is Cc1ccc(S(=O)(=O)[CH]CS(=O)(=O)Cc2csc(C)n2)s1. The fourth-order valence-electron chi connectivity index (χ4n) is 1.60. The smallest absolute Gasteiger partial charge is 0.192 e. The van der Waals surface area contributed by atoms with Gasteiger partial charge >= 0.3 is 0 Å². The van der Waals surface area contributed by atoms with Crippen molar-refractivity contribution in [2.24, 2.45) is 0 Å². The molecular weight excluding hydrogens is 350 g/mol. The molecule has 2 rings (SSSR count). The van der Waals surface area contributed by atoms with E-state index in [1.165, 1.54) is 17.4 Å². The van der Waals surface area contributed by atoms with Crippen molar-refractivity contribution in [2.75, 3.05) is 5.75 Å². The van der Waals surface area contributed by atoms with E-state index in [9.17, 15) is 16.8 Å². The van der Waals surface area contributed by atoms with Crippen molar-refractivity contribution < 1.29 is 16.8 Å². The number of nitrogens with zero attached hydrogens (tertiary/aromatic N) is 1. The van der Waals surface area contributed by atoms with Crippen LogP contribution in [-0.4, -0.2) is 27.6 Å². The molecule has 0 fully saturated rings. The predicted molar refractivity (Wildman–Crippen MR) is 84.9 cm³/mol. The Morgan fingerprint density at radius 3 is 2.43 bits per heavy atom. The van der Waals surface area contributed by atoms with E-state index in [-0.39, 0.29) is 9.96 Å². The first-order chi connectivity index (χ1) is 9.68. The van der Waals surface area contributed by atoms with Crippen molar-refractivity contribution in [2.45, 2.75) is 23.8 Å². The molecule has 0 spiro atoms. The minimum absolute atomic E-state index is 0.166. The number of thiophene rings is 1. The standard InChI is InChI=1S/C12H14NO4S4/c1-9-3-4-12(19-9)21(16,17)6-5-20(14,15)8-11-7-18-10(2)13-11/h3-4,6-7H,5,8H2,1-2H3. The van der Waals surface area contributed by atoms with Gasteiger partial charge in [0.25, 0.3) is 0 Å². The topological polar surface area (TPSA) is 81.2 Å². The van der Waals surface area contributed by atoms with Crippen LogP contribution in [-0.2, 0) is 25.4 Å². The zero-order valence-corrected chi connectivity index (χ0v) is 14.7. The normalized spacial score (nSPS) is 12.7. The summed E-state index contributed by atoms with van der Waals surface area (Å²) in [4.78, 5) is 4.94. The first kappa shape index (κ1) is 16.6. The second-order valence-electron chi connectivity index (χ2n) is 4.49. The first-order valence-corrected chi connectivity index (χ1v) is 11.0. The monoisotopic (exact) mass is 364 g/mol. The van der Waals surface area contributed by atoms with E-state index in [0.29, 0.717) is 5.69 Å². The molecule has 2 aromatic heterocycles. The Kier molecular flexibility index (Phi) is 4.86. The van der Waals surface area contributed by atoms with Crippen LogP contribution in [0.5, 0.6) is 0 Å². The highest BCUT2D eigenvalue weighted by Gasteiger charge is 2.22. The highest BCUT2D eigenvalue weighted by molar-refractivity contribution is 7.97. The molecule has 0 aliphatic rings. The molecule has 0 bridgehead atoms. The molecular formula is C12H14NO4S4. The maximum Gasteiger partial charge on any atom is 0.192 e. The minimum Gasteiger partial charge on any atom is -0.246 e. The van der Waals surface area contributed by atoms with Crippen molar-refractivity contribution in [3.63, 3.8) is 0 Å². The van der Waals surface area contributed by atoms with Gasteiger partial charge in [0, 0.05) is 10.3 Å². The minimum atomic E-state index is -3.66. The molecule has 0 saturated carbocycles. The summed E-state index contributed by atoms with van der Waals surface area (Å²) >= 11 is 2.49. The van der Waals surface area contributed by atoms with Crippen LogP contribution in [0.4, 0.5) is 0 Å². The Morgan fingerprint density at radius 1 is 1.19 bits per heavy atom. The molecule has 0 saturated heterocycles. The van der Waals surface area contributed by atoms with Gasteiger partial charge in [-0.2, -0.15) is 0 Å². The van der Waals surface area contributed by atoms with Gasteiger partial charge < -0.3 is 0 Å². The summed E-state index contributed by atoms with van der Waals surface area (Å²) in [7, 11) is -7.20. The van der Waals surface area contributed by atoms with Crippen LogP contribution in [0.1, 0.15) is 15.6 Å². The maximum absolute atomic E-state index is 12.0. The third-order valence-corrected chi connectivity index (χ3v) is 8.06. The van der Waals surface area contributed by atoms with E-state index in [2.05, 4.69) is 4.98 Å². The zero-order valence-electron chi connectivity index (χ0n) is 11.4. The number of aryl methyl sites for hydroxylation is 2. The number of sulfone groups is 2. The lowest BCUT2D eigenvalue weighted by Crippen LogP contribution is -2.14. The van der Waals surface area contributed by atoms with Crippen LogP contribution < -0.4 is 0 Å². The third-order valence-electron chi connectivity index (χ3n) is 2.57. The van der Waals surface area contributed by atoms with Crippen molar-refractivity contribution >= 4 is 42.3 Å². The second-order valence-corrected chi connectivity index (χ2v) is 11.1. The molecule has 0 N–H and O–H groups in total. The van der Waals surface area contributed by atoms with Gasteiger partial charge in [-0.3, -0.25) is 0 Å². The molecule has 9 heteroatoms. The average molecular weight is 365 g/mol. The molecule has 0 aliphatic heterocycles. The van der Waals surface area contributed by atoms with Crippen LogP contribution in [0.3, 0.4) is 0 Å². The van der Waals surface area contributed by atoms with Crippen molar-refractivity contribution in [3.8, 4) is 0 Å². The van der Waals surface area contributed by atoms with Gasteiger partial charge in [0.2, 0.25) is 0 Å². The van der Waals surface area contributed by atoms with Gasteiger partial charge in [-0.1, -0.05) is 0 Å². The lowest BCUT2D eigenvalue weighted by Gasteiger charge is -2.03. The van der Waals surface area contributed by atoms with Crippen LogP contribution in [0.25, 0.3) is 0 Å². The third kappa shape index (κ3) is 4.60. The number of thiazole rings is 1. The van der Waals surface area contributed by atoms with Crippen LogP contribution in [0.2, 0.25) is 0 Å². The highest BCUT2D eigenvalue weighted by atomic mass is 32.2. The Bertz CT molecular complexity index is 830. The Morgan fingerprint density at radius 2 is 1.90 bits per heavy atom. The lowest BCUT2D eigenvalue weighted by atomic mass is 10.5. The second kappa shape index (κ2) is 6.15. The van der Waals surface area contributed by atoms with Crippen molar-refractivity contribution in [1.29, 1.82) is 0 Å². The molecule has 0 unspecified atom stereocenters. The van der Waals surface area contributed by atoms with E-state index in [0.717, 1.165) is 27.0 Å². The summed E-state index contributed by atoms with van der Waals surface area (Å²) in [6.45, 7) is 3.58. The highest BCUT2D eigenvalue weighted by Crippen LogP contribution is 2.24. The summed E-state index contributed by atoms with van der Waals surface area (Å²) < 4.78 is 48.1. The number of rotatable bonds is 6. The van der Waals surface area contributed by atoms with E-state index in [1.807, 2.05) is 0 Å². The molecule has 21 heavy (non-hydrogen) atoms. The molecule has 0 aliphatic carbocycles. The quantitative estimate of drug-likeness (QED) is 0.786. The van der Waals surface area contributed by atoms with E-state index in [1.54, 1.807) is 25.3 Å². The van der Waals surface area contributed by atoms with Crippen LogP contribution in [0, 0.1) is 19.6 Å². The van der Waals surface area contributed by atoms with Crippen molar-refractivity contribution in [1.82, 2.24) is 4.98 Å². The summed E-state index contributed by atoms with van der Waals surface area (Å²) in [6, 6.07) is 3.18. The molecule has 1 radical (unpaired) electrons. The van der Waals surface area contributed by atoms with Gasteiger partial charge in [-0.05, 0) is 26.0 Å². The largest absolute Gasteiger partial charge is 0.246 e. The summed E-state index contributed by atoms with van der Waals surface area (Å²) in [5.41, 5.74) is 0.454. The molecule has 2 aromatic rings. The van der Waals surface area contributed by atoms with Gasteiger partial charge in [-0.15, -0.1) is 22.7 Å². The van der Waals surface area contributed by atoms with Gasteiger partial charge in [0.1, 0.15) is 4.21 Å². The van der Waals surface area contributed by atoms with E-state index in [4.69, 9.17) is 0 Å². The van der Waals surface area contributed by atoms with Gasteiger partial charge in [0.05, 0.1) is 28.0 Å². The Balaban J connectivity index is 2.04. The summed E-state index contributed by atoms with van der Waals surface area (Å²) in [5.74, 6) is 0.114. The Hall–Kier alpha value is -0.770. The molecule has 5 nitrogen and oxygen atoms in total. The molecule has 0 aromatic carbocycles. The molecule has 0 atom stereocenters. The van der Waals surface area contributed by atoms with Crippen LogP contribution in [0.15, 0.2) is 21.7 Å². The predicted octanol–water partition coefficient (Wildman–Crippen LogP) is 2.37. The molecule has 2 heterocycles. The first-order valence-electron chi connectivity index (χ1n) is 5.94. The molecule has 115 valence electrons. The van der Waals surface area contributed by atoms with Crippen LogP contribution >= 0.6 is 22.7 Å². The number of aromatic nitrogens is 1. The van der Waals surface area contributed by atoms with Crippen molar-refractivity contribution in [3.05, 3.63) is 38.8 Å². The van der Waals surface area contributed by atoms with E-state index < -0.39 is 25.4 Å². The van der Waals surface area contributed by atoms with Gasteiger partial charge in [-0.25, -0.2) is 21.8 Å². The number of hydrogen-bond donors (Lipinski definition) is 0. The van der Waals surface area contributed by atoms with Gasteiger partial charge in [0.15, 0.2) is 19.7 Å². The average Bonchev–Trinajstić information content (AvgIpc) is 2.96. The van der Waals surface area contributed by atoms with E-state index >= 15 is 0 Å². The maximum atomic E-state index is 12.0. The Labute approximate surface area is 132 Å². The zero-order chi connectivity index (χ0) is 15.7. The fourth-order valence-corrected chi connectivity index (χ4v) is 6.65. The summed E-state index contributed by atoms with van der Waals surface area (Å²) in [5, 5.41) is 2.45.